The molecule has 14 heteroatoms. The highest BCUT2D eigenvalue weighted by molar-refractivity contribution is 5.94. The molecule has 3 aromatic rings. The Labute approximate surface area is 252 Å². The van der Waals surface area contributed by atoms with E-state index in [0.717, 1.165) is 0 Å². The molecule has 1 N–H and O–H groups in total. The molecule has 2 saturated heterocycles. The number of halogens is 7. The standard InChI is InChI=1S/C31H25F7N4O3/c1-16(19-8-20(30(33,34)35)10-21(9-19)31(36,37)38)45-26-15-42-25(28(26)17-2-5-22(32)6-3-17)11-24(12-27(42)43)41-29(44)18-4-7-23(13-39)40-14-18/h2-10,14,16,24-26,28H,11-12,15H2,1H3,(H,41,44)/t16-,24?,25+,26+,28?/m1/s1. The summed E-state index contributed by atoms with van der Waals surface area (Å²) in [6, 6.07) is 9.99. The van der Waals surface area contributed by atoms with Crippen LogP contribution in [0.1, 0.15) is 70.1 Å². The first-order valence-electron chi connectivity index (χ1n) is 13.8. The summed E-state index contributed by atoms with van der Waals surface area (Å²) < 4.78 is 101. The van der Waals surface area contributed by atoms with E-state index in [4.69, 9.17) is 10.00 Å². The number of nitriles is 1. The predicted octanol–water partition coefficient (Wildman–Crippen LogP) is 6.16. The average molecular weight is 635 g/mol. The molecule has 5 rings (SSSR count). The van der Waals surface area contributed by atoms with Gasteiger partial charge in [0.25, 0.3) is 5.91 Å². The number of nitrogens with one attached hydrogen (secondary N) is 1. The number of nitrogens with zero attached hydrogens (tertiary/aromatic N) is 3. The first kappa shape index (κ1) is 31.9. The number of pyridine rings is 1. The molecule has 1 aromatic heterocycles. The van der Waals surface area contributed by atoms with Crippen molar-refractivity contribution in [3.05, 3.63) is 100 Å². The Bertz CT molecular complexity index is 1590. The zero-order valence-electron chi connectivity index (χ0n) is 23.5. The normalized spacial score (nSPS) is 22.5. The van der Waals surface area contributed by atoms with Gasteiger partial charge in [0.1, 0.15) is 17.6 Å². The molecule has 5 atom stereocenters. The van der Waals surface area contributed by atoms with E-state index in [1.165, 1.54) is 54.4 Å². The van der Waals surface area contributed by atoms with E-state index >= 15 is 0 Å². The minimum Gasteiger partial charge on any atom is -0.368 e. The van der Waals surface area contributed by atoms with E-state index in [-0.39, 0.29) is 48.2 Å². The van der Waals surface area contributed by atoms with E-state index in [9.17, 15) is 40.3 Å². The molecule has 2 aliphatic heterocycles. The Morgan fingerprint density at radius 2 is 1.69 bits per heavy atom. The van der Waals surface area contributed by atoms with E-state index in [1.807, 2.05) is 6.07 Å². The van der Waals surface area contributed by atoms with Gasteiger partial charge in [0.15, 0.2) is 0 Å². The summed E-state index contributed by atoms with van der Waals surface area (Å²) in [5.41, 5.74) is -2.49. The molecular weight excluding hydrogens is 609 g/mol. The number of fused-ring (bicyclic) bond motifs is 1. The van der Waals surface area contributed by atoms with Crippen molar-refractivity contribution in [1.82, 2.24) is 15.2 Å². The Kier molecular flexibility index (Phi) is 8.59. The molecule has 0 aliphatic carbocycles. The molecule has 0 saturated carbocycles. The summed E-state index contributed by atoms with van der Waals surface area (Å²) in [5, 5.41) is 11.7. The number of ether oxygens (including phenoxy) is 1. The third-order valence-electron chi connectivity index (χ3n) is 8.05. The fourth-order valence-electron chi connectivity index (χ4n) is 5.92. The second kappa shape index (κ2) is 12.1. The number of alkyl halides is 6. The van der Waals surface area contributed by atoms with Crippen LogP contribution in [0.3, 0.4) is 0 Å². The minimum atomic E-state index is -5.04. The van der Waals surface area contributed by atoms with Crippen LogP contribution in [0.5, 0.6) is 0 Å². The average Bonchev–Trinajstić information content (AvgIpc) is 3.34. The lowest BCUT2D eigenvalue weighted by atomic mass is 9.84. The van der Waals surface area contributed by atoms with Crippen LogP contribution in [0.15, 0.2) is 60.8 Å². The summed E-state index contributed by atoms with van der Waals surface area (Å²) in [5.74, 6) is -2.06. The number of hydrogen-bond donors (Lipinski definition) is 1. The SMILES string of the molecule is C[C@@H](O[C@H]1CN2C(=O)CC(NC(=O)c3ccc(C#N)nc3)C[C@H]2C1c1ccc(F)cc1)c1cc(C(F)(F)F)cc(C(F)(F)F)c1. The number of benzene rings is 2. The van der Waals surface area contributed by atoms with E-state index in [1.54, 1.807) is 0 Å². The van der Waals surface area contributed by atoms with Crippen LogP contribution >= 0.6 is 0 Å². The van der Waals surface area contributed by atoms with Gasteiger partial charge in [0, 0.05) is 37.2 Å². The quantitative estimate of drug-likeness (QED) is 0.328. The van der Waals surface area contributed by atoms with E-state index < -0.39 is 65.4 Å². The van der Waals surface area contributed by atoms with Crippen LogP contribution in [-0.4, -0.2) is 46.4 Å². The van der Waals surface area contributed by atoms with Crippen molar-refractivity contribution in [2.45, 2.75) is 62.3 Å². The molecule has 236 valence electrons. The van der Waals surface area contributed by atoms with Crippen molar-refractivity contribution >= 4 is 11.8 Å². The van der Waals surface area contributed by atoms with E-state index in [2.05, 4.69) is 10.3 Å². The largest absolute Gasteiger partial charge is 0.416 e. The van der Waals surface area contributed by atoms with Gasteiger partial charge in [-0.05, 0) is 66.9 Å². The van der Waals surface area contributed by atoms with Gasteiger partial charge in [-0.1, -0.05) is 12.1 Å². The number of hydrogen-bond acceptors (Lipinski definition) is 5. The second-order valence-corrected chi connectivity index (χ2v) is 11.0. The molecule has 7 nitrogen and oxygen atoms in total. The Morgan fingerprint density at radius 1 is 1.04 bits per heavy atom. The molecule has 2 fully saturated rings. The first-order chi connectivity index (χ1) is 21.1. The molecule has 2 unspecified atom stereocenters. The molecule has 0 radical (unpaired) electrons. The maximum absolute atomic E-state index is 13.8. The van der Waals surface area contributed by atoms with Crippen molar-refractivity contribution in [2.75, 3.05) is 6.54 Å². The van der Waals surface area contributed by atoms with Crippen molar-refractivity contribution in [1.29, 1.82) is 5.26 Å². The molecular formula is C31H25F7N4O3. The summed E-state index contributed by atoms with van der Waals surface area (Å²) >= 11 is 0. The highest BCUT2D eigenvalue weighted by atomic mass is 19.4. The summed E-state index contributed by atoms with van der Waals surface area (Å²) in [7, 11) is 0. The van der Waals surface area contributed by atoms with Crippen LogP contribution in [0.2, 0.25) is 0 Å². The fraction of sp³-hybridized carbons (Fsp3) is 0.355. The van der Waals surface area contributed by atoms with Crippen LogP contribution in [0, 0.1) is 17.1 Å². The topological polar surface area (TPSA) is 95.3 Å². The lowest BCUT2D eigenvalue weighted by molar-refractivity contribution is -0.143. The van der Waals surface area contributed by atoms with E-state index in [0.29, 0.717) is 17.7 Å². The number of carbonyl (C=O) groups excluding carboxylic acids is 2. The molecule has 0 bridgehead atoms. The van der Waals surface area contributed by atoms with Gasteiger partial charge in [-0.3, -0.25) is 9.59 Å². The summed E-state index contributed by atoms with van der Waals surface area (Å²) in [4.78, 5) is 31.6. The van der Waals surface area contributed by atoms with Crippen LogP contribution < -0.4 is 5.32 Å². The molecule has 45 heavy (non-hydrogen) atoms. The van der Waals surface area contributed by atoms with Gasteiger partial charge >= 0.3 is 12.4 Å². The zero-order valence-corrected chi connectivity index (χ0v) is 23.5. The van der Waals surface area contributed by atoms with Crippen molar-refractivity contribution in [3.63, 3.8) is 0 Å². The predicted molar refractivity (Wildman–Crippen MR) is 144 cm³/mol. The number of amides is 2. The monoisotopic (exact) mass is 634 g/mol. The van der Waals surface area contributed by atoms with Crippen molar-refractivity contribution in [2.24, 2.45) is 0 Å². The Morgan fingerprint density at radius 3 is 2.24 bits per heavy atom. The Hall–Kier alpha value is -4.51. The molecule has 3 heterocycles. The van der Waals surface area contributed by atoms with Crippen molar-refractivity contribution in [3.8, 4) is 6.07 Å². The van der Waals surface area contributed by atoms with Gasteiger partial charge < -0.3 is 15.0 Å². The fourth-order valence-corrected chi connectivity index (χ4v) is 5.92. The number of carbonyl (C=O) groups is 2. The van der Waals surface area contributed by atoms with Gasteiger partial charge in [-0.2, -0.15) is 31.6 Å². The number of rotatable bonds is 6. The van der Waals surface area contributed by atoms with Gasteiger partial charge in [-0.25, -0.2) is 9.37 Å². The molecule has 2 amide bonds. The maximum atomic E-state index is 13.8. The number of aromatic nitrogens is 1. The maximum Gasteiger partial charge on any atom is 0.416 e. The van der Waals surface area contributed by atoms with Crippen molar-refractivity contribution < 1.29 is 45.1 Å². The zero-order chi connectivity index (χ0) is 32.7. The van der Waals surface area contributed by atoms with Gasteiger partial charge in [0.2, 0.25) is 5.91 Å². The lowest BCUT2D eigenvalue weighted by Crippen LogP contribution is -2.51. The van der Waals surface area contributed by atoms with Gasteiger partial charge in [-0.15, -0.1) is 0 Å². The second-order valence-electron chi connectivity index (χ2n) is 11.0. The van der Waals surface area contributed by atoms with Crippen LogP contribution in [0.25, 0.3) is 0 Å². The van der Waals surface area contributed by atoms with Crippen LogP contribution in [-0.2, 0) is 21.9 Å². The number of piperidine rings is 1. The lowest BCUT2D eigenvalue weighted by Gasteiger charge is -2.37. The highest BCUT2D eigenvalue weighted by Gasteiger charge is 2.49. The molecule has 2 aliphatic rings. The third kappa shape index (κ3) is 6.93. The molecule has 0 spiro atoms. The smallest absolute Gasteiger partial charge is 0.368 e. The summed E-state index contributed by atoms with van der Waals surface area (Å²) in [6.45, 7) is 1.30. The van der Waals surface area contributed by atoms with Gasteiger partial charge in [0.05, 0.1) is 28.9 Å². The Balaban J connectivity index is 1.42. The first-order valence-corrected chi connectivity index (χ1v) is 13.8. The third-order valence-corrected chi connectivity index (χ3v) is 8.05. The summed E-state index contributed by atoms with van der Waals surface area (Å²) in [6.07, 6.45) is -10.8. The van der Waals surface area contributed by atoms with Crippen LogP contribution in [0.4, 0.5) is 30.7 Å². The minimum absolute atomic E-state index is 0.0266. The highest BCUT2D eigenvalue weighted by Crippen LogP contribution is 2.44. The molecule has 2 aromatic carbocycles.